The number of nitrogens with zero attached hydrogens (tertiary/aromatic N) is 1. The molecule has 1 rings (SSSR count). The van der Waals surface area contributed by atoms with Crippen LogP contribution < -0.4 is 10.1 Å². The van der Waals surface area contributed by atoms with Gasteiger partial charge in [0.25, 0.3) is 0 Å². The first-order valence-corrected chi connectivity index (χ1v) is 6.94. The van der Waals surface area contributed by atoms with Gasteiger partial charge in [0.15, 0.2) is 0 Å². The number of nitrogens with one attached hydrogen (secondary N) is 1. The Hall–Kier alpha value is -1.23. The highest BCUT2D eigenvalue weighted by Gasteiger charge is 2.06. The molecule has 0 saturated carbocycles. The molecule has 0 radical (unpaired) electrons. The van der Waals surface area contributed by atoms with Crippen LogP contribution in [0.4, 0.5) is 0 Å². The Morgan fingerprint density at radius 3 is 3.12 bits per heavy atom. The average molecular weight is 254 g/mol. The number of rotatable bonds is 7. The van der Waals surface area contributed by atoms with Crippen LogP contribution in [-0.2, 0) is 4.79 Å². The smallest absolute Gasteiger partial charge is 0.220 e. The molecule has 5 heteroatoms. The van der Waals surface area contributed by atoms with E-state index in [0.29, 0.717) is 13.0 Å². The lowest BCUT2D eigenvalue weighted by Crippen LogP contribution is -2.33. The summed E-state index contributed by atoms with van der Waals surface area (Å²) < 4.78 is 5.59. The maximum Gasteiger partial charge on any atom is 0.220 e. The predicted octanol–water partition coefficient (Wildman–Crippen LogP) is 1.72. The van der Waals surface area contributed by atoms with Crippen molar-refractivity contribution in [3.63, 3.8) is 0 Å². The minimum absolute atomic E-state index is 0.0579. The Labute approximate surface area is 106 Å². The van der Waals surface area contributed by atoms with Gasteiger partial charge in [-0.15, -0.1) is 0 Å². The van der Waals surface area contributed by atoms with Crippen LogP contribution in [0.15, 0.2) is 24.5 Å². The summed E-state index contributed by atoms with van der Waals surface area (Å²) in [5, 5.41) is 2.84. The summed E-state index contributed by atoms with van der Waals surface area (Å²) in [4.78, 5) is 15.3. The number of carbonyl (C=O) groups is 1. The molecule has 1 aromatic rings. The second-order valence-electron chi connectivity index (χ2n) is 3.66. The third kappa shape index (κ3) is 6.16. The first-order chi connectivity index (χ1) is 8.22. The van der Waals surface area contributed by atoms with E-state index in [1.54, 1.807) is 24.2 Å². The van der Waals surface area contributed by atoms with Crippen LogP contribution >= 0.6 is 11.8 Å². The largest absolute Gasteiger partial charge is 0.487 e. The fourth-order valence-corrected chi connectivity index (χ4v) is 1.62. The number of aromatic nitrogens is 1. The van der Waals surface area contributed by atoms with Crippen molar-refractivity contribution in [2.75, 3.05) is 18.6 Å². The van der Waals surface area contributed by atoms with Crippen LogP contribution in [0.1, 0.15) is 13.3 Å². The summed E-state index contributed by atoms with van der Waals surface area (Å²) in [5.41, 5.74) is 0. The average Bonchev–Trinajstić information content (AvgIpc) is 2.35. The predicted molar refractivity (Wildman–Crippen MR) is 70.3 cm³/mol. The number of thioether (sulfide) groups is 1. The number of pyridine rings is 1. The van der Waals surface area contributed by atoms with Crippen molar-refractivity contribution in [3.05, 3.63) is 24.5 Å². The second kappa shape index (κ2) is 7.95. The van der Waals surface area contributed by atoms with Crippen molar-refractivity contribution in [2.24, 2.45) is 0 Å². The van der Waals surface area contributed by atoms with Crippen LogP contribution in [0.3, 0.4) is 0 Å². The lowest BCUT2D eigenvalue weighted by atomic mass is 10.3. The standard InChI is InChI=1S/C12H18N2O2S/c1-10(8-14-12(15)5-7-17-2)16-11-4-3-6-13-9-11/h3-4,6,9-10H,5,7-8H2,1-2H3,(H,14,15)/t10-/m0/s1. The Kier molecular flexibility index (Phi) is 6.47. The topological polar surface area (TPSA) is 51.2 Å². The van der Waals surface area contributed by atoms with Crippen molar-refractivity contribution < 1.29 is 9.53 Å². The molecule has 0 fully saturated rings. The van der Waals surface area contributed by atoms with Gasteiger partial charge in [0.1, 0.15) is 11.9 Å². The van der Waals surface area contributed by atoms with Gasteiger partial charge in [0.2, 0.25) is 5.91 Å². The maximum atomic E-state index is 11.4. The summed E-state index contributed by atoms with van der Waals surface area (Å²) in [5.74, 6) is 1.64. The van der Waals surface area contributed by atoms with Gasteiger partial charge in [-0.05, 0) is 25.3 Å². The summed E-state index contributed by atoms with van der Waals surface area (Å²) in [7, 11) is 0. The van der Waals surface area contributed by atoms with Crippen molar-refractivity contribution >= 4 is 17.7 Å². The maximum absolute atomic E-state index is 11.4. The lowest BCUT2D eigenvalue weighted by Gasteiger charge is -2.14. The van der Waals surface area contributed by atoms with E-state index in [0.717, 1.165) is 11.5 Å². The Bertz CT molecular complexity index is 333. The van der Waals surface area contributed by atoms with Gasteiger partial charge in [-0.3, -0.25) is 9.78 Å². The fraction of sp³-hybridized carbons (Fsp3) is 0.500. The molecule has 0 aromatic carbocycles. The van der Waals surface area contributed by atoms with Gasteiger partial charge < -0.3 is 10.1 Å². The third-order valence-corrected chi connectivity index (χ3v) is 2.70. The minimum Gasteiger partial charge on any atom is -0.487 e. The number of hydrogen-bond donors (Lipinski definition) is 1. The molecule has 1 aromatic heterocycles. The van der Waals surface area contributed by atoms with E-state index in [4.69, 9.17) is 4.74 Å². The molecule has 1 heterocycles. The van der Waals surface area contributed by atoms with Crippen LogP contribution in [0.25, 0.3) is 0 Å². The number of ether oxygens (including phenoxy) is 1. The first kappa shape index (κ1) is 13.8. The number of hydrogen-bond acceptors (Lipinski definition) is 4. The first-order valence-electron chi connectivity index (χ1n) is 5.54. The molecule has 4 nitrogen and oxygen atoms in total. The molecule has 94 valence electrons. The van der Waals surface area contributed by atoms with E-state index < -0.39 is 0 Å². The van der Waals surface area contributed by atoms with Crippen molar-refractivity contribution in [3.8, 4) is 5.75 Å². The molecule has 0 aliphatic rings. The quantitative estimate of drug-likeness (QED) is 0.805. The molecule has 0 saturated heterocycles. The van der Waals surface area contributed by atoms with E-state index in [1.807, 2.05) is 25.3 Å². The lowest BCUT2D eigenvalue weighted by molar-refractivity contribution is -0.121. The summed E-state index contributed by atoms with van der Waals surface area (Å²) in [6.45, 7) is 2.43. The Morgan fingerprint density at radius 1 is 1.65 bits per heavy atom. The fourth-order valence-electron chi connectivity index (χ4n) is 1.23. The molecule has 1 atom stereocenters. The molecule has 0 aliphatic heterocycles. The van der Waals surface area contributed by atoms with E-state index >= 15 is 0 Å². The van der Waals surface area contributed by atoms with Crippen molar-refractivity contribution in [1.29, 1.82) is 0 Å². The highest BCUT2D eigenvalue weighted by Crippen LogP contribution is 2.08. The monoisotopic (exact) mass is 254 g/mol. The zero-order chi connectivity index (χ0) is 12.5. The third-order valence-electron chi connectivity index (χ3n) is 2.09. The van der Waals surface area contributed by atoms with E-state index in [9.17, 15) is 4.79 Å². The van der Waals surface area contributed by atoms with Gasteiger partial charge in [0.05, 0.1) is 12.7 Å². The van der Waals surface area contributed by atoms with Gasteiger partial charge >= 0.3 is 0 Å². The van der Waals surface area contributed by atoms with Crippen LogP contribution in [0.5, 0.6) is 5.75 Å². The van der Waals surface area contributed by atoms with Crippen LogP contribution in [0.2, 0.25) is 0 Å². The zero-order valence-electron chi connectivity index (χ0n) is 10.2. The number of amides is 1. The minimum atomic E-state index is -0.0579. The highest BCUT2D eigenvalue weighted by molar-refractivity contribution is 7.98. The molecule has 1 N–H and O–H groups in total. The summed E-state index contributed by atoms with van der Waals surface area (Å²) in [6, 6.07) is 3.66. The van der Waals surface area contributed by atoms with Gasteiger partial charge in [-0.25, -0.2) is 0 Å². The van der Waals surface area contributed by atoms with Gasteiger partial charge in [-0.1, -0.05) is 0 Å². The molecular weight excluding hydrogens is 236 g/mol. The second-order valence-corrected chi connectivity index (χ2v) is 4.65. The molecule has 0 bridgehead atoms. The van der Waals surface area contributed by atoms with Gasteiger partial charge in [0, 0.05) is 18.4 Å². The van der Waals surface area contributed by atoms with Crippen molar-refractivity contribution in [2.45, 2.75) is 19.4 Å². The number of carbonyl (C=O) groups excluding carboxylic acids is 1. The molecule has 1 amide bonds. The SMILES string of the molecule is CSCCC(=O)NC[C@H](C)Oc1cccnc1. The Morgan fingerprint density at radius 2 is 2.47 bits per heavy atom. The molecule has 0 aliphatic carbocycles. The Balaban J connectivity index is 2.21. The molecule has 0 unspecified atom stereocenters. The van der Waals surface area contributed by atoms with E-state index in [-0.39, 0.29) is 12.0 Å². The molecule has 17 heavy (non-hydrogen) atoms. The zero-order valence-corrected chi connectivity index (χ0v) is 11.0. The normalized spacial score (nSPS) is 11.9. The summed E-state index contributed by atoms with van der Waals surface area (Å²) >= 11 is 1.67. The van der Waals surface area contributed by atoms with Crippen LogP contribution in [0, 0.1) is 0 Å². The molecule has 0 spiro atoms. The van der Waals surface area contributed by atoms with E-state index in [1.165, 1.54) is 0 Å². The van der Waals surface area contributed by atoms with Crippen LogP contribution in [-0.4, -0.2) is 35.5 Å². The van der Waals surface area contributed by atoms with Crippen molar-refractivity contribution in [1.82, 2.24) is 10.3 Å². The van der Waals surface area contributed by atoms with Gasteiger partial charge in [-0.2, -0.15) is 11.8 Å². The molecular formula is C12H18N2O2S. The highest BCUT2D eigenvalue weighted by atomic mass is 32.2. The van der Waals surface area contributed by atoms with E-state index in [2.05, 4.69) is 10.3 Å². The summed E-state index contributed by atoms with van der Waals surface area (Å²) in [6.07, 6.45) is 5.84.